The molecule has 1 heterocycles. The second-order valence-corrected chi connectivity index (χ2v) is 6.14. The summed E-state index contributed by atoms with van der Waals surface area (Å²) >= 11 is 0. The first kappa shape index (κ1) is 15.5. The number of hydrogen-bond donors (Lipinski definition) is 0. The fraction of sp³-hybridized carbons (Fsp3) is 0.130. The van der Waals surface area contributed by atoms with E-state index in [9.17, 15) is 0 Å². The molecule has 3 aromatic rings. The first-order valence-corrected chi connectivity index (χ1v) is 8.56. The number of hydrogen-bond acceptors (Lipinski definition) is 2. The van der Waals surface area contributed by atoms with Gasteiger partial charge in [-0.1, -0.05) is 72.8 Å². The Morgan fingerprint density at radius 3 is 2.48 bits per heavy atom. The zero-order valence-electron chi connectivity index (χ0n) is 14.0. The summed E-state index contributed by atoms with van der Waals surface area (Å²) in [4.78, 5) is 0. The number of para-hydroxylation sites is 1. The molecule has 25 heavy (non-hydrogen) atoms. The summed E-state index contributed by atoms with van der Waals surface area (Å²) in [6.07, 6.45) is 4.61. The van der Waals surface area contributed by atoms with Crippen molar-refractivity contribution in [2.75, 3.05) is 0 Å². The number of fused-ring (bicyclic) bond motifs is 1. The smallest absolute Gasteiger partial charge is 0.128 e. The Balaban J connectivity index is 1.53. The van der Waals surface area contributed by atoms with Crippen LogP contribution in [-0.4, -0.2) is 0 Å². The van der Waals surface area contributed by atoms with Gasteiger partial charge in [0.1, 0.15) is 18.5 Å². The maximum Gasteiger partial charge on any atom is 0.128 e. The molecule has 4 rings (SSSR count). The van der Waals surface area contributed by atoms with Crippen molar-refractivity contribution in [3.8, 4) is 5.75 Å². The molecule has 1 aliphatic rings. The summed E-state index contributed by atoms with van der Waals surface area (Å²) < 4.78 is 12.0. The van der Waals surface area contributed by atoms with Gasteiger partial charge in [-0.15, -0.1) is 0 Å². The van der Waals surface area contributed by atoms with Gasteiger partial charge < -0.3 is 9.47 Å². The van der Waals surface area contributed by atoms with E-state index in [-0.39, 0.29) is 6.10 Å². The van der Waals surface area contributed by atoms with Crippen LogP contribution in [0.1, 0.15) is 28.4 Å². The zero-order valence-corrected chi connectivity index (χ0v) is 14.0. The molecule has 0 aromatic heterocycles. The standard InChI is InChI=1S/C23H20O2/c1-2-8-18(9-3-1)17-25-22-13-7-5-11-20(22)16-23-21-12-6-4-10-19(21)14-15-24-23/h1-15,23H,16-17H2. The maximum absolute atomic E-state index is 6.08. The summed E-state index contributed by atoms with van der Waals surface area (Å²) in [5, 5.41) is 0. The molecule has 0 N–H and O–H groups in total. The van der Waals surface area contributed by atoms with E-state index in [0.29, 0.717) is 6.61 Å². The predicted molar refractivity (Wildman–Crippen MR) is 100 cm³/mol. The molecule has 1 unspecified atom stereocenters. The minimum Gasteiger partial charge on any atom is -0.493 e. The quantitative estimate of drug-likeness (QED) is 0.611. The average molecular weight is 328 g/mol. The van der Waals surface area contributed by atoms with Gasteiger partial charge in [0.25, 0.3) is 0 Å². The number of rotatable bonds is 5. The summed E-state index contributed by atoms with van der Waals surface area (Å²) in [5.74, 6) is 0.919. The molecule has 0 saturated heterocycles. The van der Waals surface area contributed by atoms with Crippen LogP contribution in [0.2, 0.25) is 0 Å². The minimum absolute atomic E-state index is 0.0164. The van der Waals surface area contributed by atoms with Crippen LogP contribution in [0.3, 0.4) is 0 Å². The lowest BCUT2D eigenvalue weighted by molar-refractivity contribution is 0.143. The summed E-state index contributed by atoms with van der Waals surface area (Å²) in [7, 11) is 0. The third kappa shape index (κ3) is 3.58. The lowest BCUT2D eigenvalue weighted by atomic mass is 9.95. The molecule has 3 aromatic carbocycles. The van der Waals surface area contributed by atoms with Crippen molar-refractivity contribution >= 4 is 6.08 Å². The van der Waals surface area contributed by atoms with Gasteiger partial charge in [0, 0.05) is 6.42 Å². The van der Waals surface area contributed by atoms with Gasteiger partial charge in [-0.3, -0.25) is 0 Å². The summed E-state index contributed by atoms with van der Waals surface area (Å²) in [6.45, 7) is 0.569. The SMILES string of the molecule is C1=Cc2ccccc2C(Cc2ccccc2OCc2ccccc2)O1. The Labute approximate surface area is 148 Å². The molecule has 2 nitrogen and oxygen atoms in total. The topological polar surface area (TPSA) is 18.5 Å². The molecular formula is C23H20O2. The highest BCUT2D eigenvalue weighted by molar-refractivity contribution is 5.55. The monoisotopic (exact) mass is 328 g/mol. The largest absolute Gasteiger partial charge is 0.493 e. The predicted octanol–water partition coefficient (Wildman–Crippen LogP) is 5.55. The fourth-order valence-electron chi connectivity index (χ4n) is 3.14. The van der Waals surface area contributed by atoms with Crippen molar-refractivity contribution in [2.45, 2.75) is 19.1 Å². The van der Waals surface area contributed by atoms with Crippen molar-refractivity contribution in [3.05, 3.63) is 107 Å². The Kier molecular flexibility index (Phi) is 4.51. The van der Waals surface area contributed by atoms with E-state index in [4.69, 9.17) is 9.47 Å². The van der Waals surface area contributed by atoms with Gasteiger partial charge >= 0.3 is 0 Å². The van der Waals surface area contributed by atoms with Crippen LogP contribution in [0.25, 0.3) is 6.08 Å². The van der Waals surface area contributed by atoms with E-state index in [1.807, 2.05) is 36.4 Å². The van der Waals surface area contributed by atoms with E-state index in [1.165, 1.54) is 16.7 Å². The van der Waals surface area contributed by atoms with Crippen LogP contribution >= 0.6 is 0 Å². The van der Waals surface area contributed by atoms with Crippen LogP contribution < -0.4 is 4.74 Å². The van der Waals surface area contributed by atoms with Gasteiger partial charge in [0.15, 0.2) is 0 Å². The third-order valence-corrected chi connectivity index (χ3v) is 4.45. The highest BCUT2D eigenvalue weighted by Gasteiger charge is 2.20. The van der Waals surface area contributed by atoms with Crippen molar-refractivity contribution in [1.29, 1.82) is 0 Å². The highest BCUT2D eigenvalue weighted by Crippen LogP contribution is 2.33. The van der Waals surface area contributed by atoms with Crippen LogP contribution in [-0.2, 0) is 17.8 Å². The number of ether oxygens (including phenoxy) is 2. The first-order chi connectivity index (χ1) is 12.4. The summed E-state index contributed by atoms with van der Waals surface area (Å²) in [5.41, 5.74) is 4.78. The Morgan fingerprint density at radius 1 is 0.800 bits per heavy atom. The average Bonchev–Trinajstić information content (AvgIpc) is 2.68. The highest BCUT2D eigenvalue weighted by atomic mass is 16.5. The van der Waals surface area contributed by atoms with Crippen LogP contribution in [0, 0.1) is 0 Å². The van der Waals surface area contributed by atoms with Gasteiger partial charge in [0.2, 0.25) is 0 Å². The van der Waals surface area contributed by atoms with Crippen LogP contribution in [0.4, 0.5) is 0 Å². The zero-order chi connectivity index (χ0) is 16.9. The molecule has 124 valence electrons. The van der Waals surface area contributed by atoms with E-state index >= 15 is 0 Å². The molecule has 1 aliphatic heterocycles. The van der Waals surface area contributed by atoms with Crippen LogP contribution in [0.5, 0.6) is 5.75 Å². The molecule has 0 amide bonds. The molecular weight excluding hydrogens is 308 g/mol. The van der Waals surface area contributed by atoms with Crippen molar-refractivity contribution in [3.63, 3.8) is 0 Å². The maximum atomic E-state index is 6.08. The Morgan fingerprint density at radius 2 is 1.56 bits per heavy atom. The lowest BCUT2D eigenvalue weighted by Crippen LogP contribution is -2.10. The molecule has 0 radical (unpaired) electrons. The van der Waals surface area contributed by atoms with E-state index in [1.54, 1.807) is 6.26 Å². The minimum atomic E-state index is 0.0164. The van der Waals surface area contributed by atoms with Gasteiger partial charge in [-0.25, -0.2) is 0 Å². The molecule has 0 saturated carbocycles. The van der Waals surface area contributed by atoms with E-state index in [0.717, 1.165) is 17.7 Å². The van der Waals surface area contributed by atoms with E-state index in [2.05, 4.69) is 48.5 Å². The Bertz CT molecular complexity index is 868. The molecule has 1 atom stereocenters. The molecule has 0 aliphatic carbocycles. The second-order valence-electron chi connectivity index (χ2n) is 6.14. The van der Waals surface area contributed by atoms with Crippen molar-refractivity contribution in [1.82, 2.24) is 0 Å². The van der Waals surface area contributed by atoms with Crippen molar-refractivity contribution < 1.29 is 9.47 Å². The summed E-state index contributed by atoms with van der Waals surface area (Å²) in [6, 6.07) is 26.8. The van der Waals surface area contributed by atoms with Gasteiger partial charge in [0.05, 0.1) is 6.26 Å². The molecule has 2 heteroatoms. The molecule has 0 fully saturated rings. The van der Waals surface area contributed by atoms with Crippen molar-refractivity contribution in [2.24, 2.45) is 0 Å². The third-order valence-electron chi connectivity index (χ3n) is 4.45. The fourth-order valence-corrected chi connectivity index (χ4v) is 3.14. The molecule has 0 bridgehead atoms. The van der Waals surface area contributed by atoms with Gasteiger partial charge in [-0.05, 0) is 34.4 Å². The second kappa shape index (κ2) is 7.27. The lowest BCUT2D eigenvalue weighted by Gasteiger charge is -2.23. The first-order valence-electron chi connectivity index (χ1n) is 8.56. The number of benzene rings is 3. The normalized spacial score (nSPS) is 15.3. The Hall–Kier alpha value is -3.00. The van der Waals surface area contributed by atoms with E-state index < -0.39 is 0 Å². The van der Waals surface area contributed by atoms with Gasteiger partial charge in [-0.2, -0.15) is 0 Å². The molecule has 0 spiro atoms. The van der Waals surface area contributed by atoms with Crippen LogP contribution in [0.15, 0.2) is 85.1 Å².